The lowest BCUT2D eigenvalue weighted by Crippen LogP contribution is -2.17. The van der Waals surface area contributed by atoms with Crippen LogP contribution in [0.4, 0.5) is 0 Å². The Morgan fingerprint density at radius 1 is 1.13 bits per heavy atom. The van der Waals surface area contributed by atoms with Crippen molar-refractivity contribution in [3.8, 4) is 0 Å². The molecule has 0 fully saturated rings. The molecule has 0 aliphatic carbocycles. The fourth-order valence-corrected chi connectivity index (χ4v) is 1.35. The summed E-state index contributed by atoms with van der Waals surface area (Å²) in [7, 11) is 0. The monoisotopic (exact) mass is 216 g/mol. The van der Waals surface area contributed by atoms with E-state index in [4.69, 9.17) is 9.47 Å². The van der Waals surface area contributed by atoms with Gasteiger partial charge in [-0.3, -0.25) is 9.59 Å². The van der Waals surface area contributed by atoms with Gasteiger partial charge >= 0.3 is 11.9 Å². The first-order valence-electron chi connectivity index (χ1n) is 5.36. The van der Waals surface area contributed by atoms with Crippen LogP contribution in [0.2, 0.25) is 0 Å². The molecular formula is C11H20O4. The molecule has 0 spiro atoms. The first-order chi connectivity index (χ1) is 7.06. The van der Waals surface area contributed by atoms with Crippen molar-refractivity contribution in [3.05, 3.63) is 0 Å². The molecule has 0 N–H and O–H groups in total. The lowest BCUT2D eigenvalue weighted by molar-refractivity contribution is -0.148. The largest absolute Gasteiger partial charge is 0.466 e. The van der Waals surface area contributed by atoms with Gasteiger partial charge in [-0.1, -0.05) is 13.3 Å². The fraction of sp³-hybridized carbons (Fsp3) is 0.818. The minimum Gasteiger partial charge on any atom is -0.466 e. The molecule has 0 heterocycles. The molecule has 0 saturated heterocycles. The maximum atomic E-state index is 10.8. The summed E-state index contributed by atoms with van der Waals surface area (Å²) in [6, 6.07) is 0. The zero-order chi connectivity index (χ0) is 11.7. The van der Waals surface area contributed by atoms with E-state index in [9.17, 15) is 9.59 Å². The van der Waals surface area contributed by atoms with E-state index in [1.807, 2.05) is 6.92 Å². The normalized spacial score (nSPS) is 11.9. The van der Waals surface area contributed by atoms with E-state index >= 15 is 0 Å². The quantitative estimate of drug-likeness (QED) is 0.483. The average molecular weight is 216 g/mol. The van der Waals surface area contributed by atoms with Gasteiger partial charge in [0.25, 0.3) is 0 Å². The third-order valence-corrected chi connectivity index (χ3v) is 1.92. The van der Waals surface area contributed by atoms with Crippen LogP contribution >= 0.6 is 0 Å². The molecule has 88 valence electrons. The number of esters is 2. The maximum absolute atomic E-state index is 10.8. The number of hydrogen-bond acceptors (Lipinski definition) is 4. The number of carbonyl (C=O) groups excluding carboxylic acids is 2. The summed E-state index contributed by atoms with van der Waals surface area (Å²) in [6.07, 6.45) is 3.28. The van der Waals surface area contributed by atoms with Crippen molar-refractivity contribution in [2.75, 3.05) is 6.61 Å². The van der Waals surface area contributed by atoms with E-state index in [-0.39, 0.29) is 18.0 Å². The van der Waals surface area contributed by atoms with Gasteiger partial charge in [0.2, 0.25) is 0 Å². The summed E-state index contributed by atoms with van der Waals surface area (Å²) in [5.74, 6) is -0.518. The summed E-state index contributed by atoms with van der Waals surface area (Å²) in [4.78, 5) is 21.2. The molecule has 0 aromatic rings. The Morgan fingerprint density at radius 2 is 1.80 bits per heavy atom. The van der Waals surface area contributed by atoms with E-state index in [0.29, 0.717) is 6.61 Å². The van der Waals surface area contributed by atoms with Crippen LogP contribution in [0.1, 0.15) is 46.5 Å². The Morgan fingerprint density at radius 3 is 2.27 bits per heavy atom. The van der Waals surface area contributed by atoms with E-state index in [2.05, 4.69) is 0 Å². The van der Waals surface area contributed by atoms with Crippen molar-refractivity contribution in [1.29, 1.82) is 0 Å². The van der Waals surface area contributed by atoms with Crippen LogP contribution in [0.15, 0.2) is 0 Å². The van der Waals surface area contributed by atoms with Gasteiger partial charge in [-0.25, -0.2) is 0 Å². The van der Waals surface area contributed by atoms with Gasteiger partial charge in [-0.15, -0.1) is 0 Å². The van der Waals surface area contributed by atoms with Gasteiger partial charge in [0.15, 0.2) is 0 Å². The molecule has 0 saturated carbocycles. The van der Waals surface area contributed by atoms with Gasteiger partial charge in [-0.2, -0.15) is 0 Å². The van der Waals surface area contributed by atoms with Crippen molar-refractivity contribution in [3.63, 3.8) is 0 Å². The number of carbonyl (C=O) groups is 2. The van der Waals surface area contributed by atoms with E-state index in [0.717, 1.165) is 25.7 Å². The smallest absolute Gasteiger partial charge is 0.302 e. The van der Waals surface area contributed by atoms with Crippen LogP contribution in [0.25, 0.3) is 0 Å². The van der Waals surface area contributed by atoms with Crippen molar-refractivity contribution in [2.24, 2.45) is 0 Å². The van der Waals surface area contributed by atoms with Gasteiger partial charge < -0.3 is 9.47 Å². The third kappa shape index (κ3) is 9.25. The minimum absolute atomic E-state index is 0.0388. The summed E-state index contributed by atoms with van der Waals surface area (Å²) in [5.41, 5.74) is 0. The predicted molar refractivity (Wildman–Crippen MR) is 56.3 cm³/mol. The summed E-state index contributed by atoms with van der Waals surface area (Å²) < 4.78 is 9.91. The first-order valence-corrected chi connectivity index (χ1v) is 5.36. The van der Waals surface area contributed by atoms with Crippen molar-refractivity contribution < 1.29 is 19.1 Å². The molecule has 0 bridgehead atoms. The number of ether oxygens (including phenoxy) is 2. The van der Waals surface area contributed by atoms with Crippen LogP contribution in [-0.4, -0.2) is 24.6 Å². The molecule has 4 heteroatoms. The van der Waals surface area contributed by atoms with Crippen LogP contribution in [-0.2, 0) is 19.1 Å². The van der Waals surface area contributed by atoms with E-state index in [1.54, 1.807) is 0 Å². The number of hydrogen-bond donors (Lipinski definition) is 0. The molecular weight excluding hydrogens is 196 g/mol. The van der Waals surface area contributed by atoms with E-state index in [1.165, 1.54) is 13.8 Å². The maximum Gasteiger partial charge on any atom is 0.302 e. The summed E-state index contributed by atoms with van der Waals surface area (Å²) in [6.45, 7) is 5.24. The van der Waals surface area contributed by atoms with Crippen LogP contribution < -0.4 is 0 Å². The van der Waals surface area contributed by atoms with Crippen LogP contribution in [0, 0.1) is 0 Å². The molecule has 15 heavy (non-hydrogen) atoms. The molecule has 0 aliphatic rings. The fourth-order valence-electron chi connectivity index (χ4n) is 1.35. The Labute approximate surface area is 90.9 Å². The highest BCUT2D eigenvalue weighted by molar-refractivity contribution is 5.66. The molecule has 1 unspecified atom stereocenters. The predicted octanol–water partition coefficient (Wildman–Crippen LogP) is 2.06. The second-order valence-corrected chi connectivity index (χ2v) is 3.50. The highest BCUT2D eigenvalue weighted by atomic mass is 16.5. The first kappa shape index (κ1) is 13.9. The number of rotatable bonds is 7. The van der Waals surface area contributed by atoms with Crippen LogP contribution in [0.3, 0.4) is 0 Å². The van der Waals surface area contributed by atoms with Gasteiger partial charge in [0.05, 0.1) is 6.61 Å². The topological polar surface area (TPSA) is 52.6 Å². The second kappa shape index (κ2) is 8.26. The lowest BCUT2D eigenvalue weighted by atomic mass is 10.1. The van der Waals surface area contributed by atoms with Gasteiger partial charge in [0, 0.05) is 13.8 Å². The van der Waals surface area contributed by atoms with Crippen molar-refractivity contribution in [2.45, 2.75) is 52.6 Å². The molecule has 0 radical (unpaired) electrons. The second-order valence-electron chi connectivity index (χ2n) is 3.50. The Kier molecular flexibility index (Phi) is 7.68. The third-order valence-electron chi connectivity index (χ3n) is 1.92. The molecule has 1 atom stereocenters. The van der Waals surface area contributed by atoms with Gasteiger partial charge in [-0.05, 0) is 19.3 Å². The summed E-state index contributed by atoms with van der Waals surface area (Å²) >= 11 is 0. The van der Waals surface area contributed by atoms with E-state index < -0.39 is 0 Å². The highest BCUT2D eigenvalue weighted by Crippen LogP contribution is 2.09. The SMILES string of the molecule is CCCC(CCCOC(C)=O)OC(C)=O. The lowest BCUT2D eigenvalue weighted by Gasteiger charge is -2.15. The highest BCUT2D eigenvalue weighted by Gasteiger charge is 2.10. The minimum atomic E-state index is -0.269. The zero-order valence-electron chi connectivity index (χ0n) is 9.75. The Balaban J connectivity index is 3.65. The molecule has 0 aromatic carbocycles. The molecule has 0 rings (SSSR count). The molecule has 0 aromatic heterocycles. The van der Waals surface area contributed by atoms with Crippen LogP contribution in [0.5, 0.6) is 0 Å². The van der Waals surface area contributed by atoms with Gasteiger partial charge in [0.1, 0.15) is 6.10 Å². The van der Waals surface area contributed by atoms with Crippen molar-refractivity contribution in [1.82, 2.24) is 0 Å². The van der Waals surface area contributed by atoms with Crippen molar-refractivity contribution >= 4 is 11.9 Å². The molecule has 4 nitrogen and oxygen atoms in total. The Hall–Kier alpha value is -1.06. The summed E-state index contributed by atoms with van der Waals surface area (Å²) in [5, 5.41) is 0. The zero-order valence-corrected chi connectivity index (χ0v) is 9.75. The molecule has 0 amide bonds. The Bertz CT molecular complexity index is 201. The average Bonchev–Trinajstić information content (AvgIpc) is 2.11. The molecule has 0 aliphatic heterocycles. The standard InChI is InChI=1S/C11H20O4/c1-4-6-11(15-10(3)13)7-5-8-14-9(2)12/h11H,4-8H2,1-3H3.